The van der Waals surface area contributed by atoms with Crippen LogP contribution in [0, 0.1) is 6.92 Å². The van der Waals surface area contributed by atoms with Gasteiger partial charge < -0.3 is 4.90 Å². The summed E-state index contributed by atoms with van der Waals surface area (Å²) in [5.41, 5.74) is 6.18. The number of aryl methyl sites for hydroxylation is 1. The fraction of sp³-hybridized carbons (Fsp3) is 0.300. The Labute approximate surface area is 170 Å². The third kappa shape index (κ3) is 5.12. The number of rotatable bonds is 3. The molecular weight excluding hydrogens is 392 g/mol. The summed E-state index contributed by atoms with van der Waals surface area (Å²) in [5, 5.41) is 0. The van der Waals surface area contributed by atoms with E-state index in [2.05, 4.69) is 10.9 Å². The predicted octanol–water partition coefficient (Wildman–Crippen LogP) is 1.75. The summed E-state index contributed by atoms with van der Waals surface area (Å²) in [6.07, 6.45) is 0.505. The minimum Gasteiger partial charge on any atom is -0.322 e. The maximum Gasteiger partial charge on any atom is 0.336 e. The second-order valence-corrected chi connectivity index (χ2v) is 8.75. The normalized spacial score (nSPS) is 15.4. The molecule has 1 aliphatic rings. The standard InChI is InChI=1S/C20H24N4O4S/c1-16-8-10-18(11-9-16)29(27,28)24-13-5-12-23(14-15-24)20(26)22-21-19(25)17-6-3-2-4-7-17/h2-4,6-11H,5,12-15H2,1H3,(H,21,25)(H,22,26). The third-order valence-corrected chi connectivity index (χ3v) is 6.63. The Morgan fingerprint density at radius 2 is 1.55 bits per heavy atom. The number of sulfonamides is 1. The highest BCUT2D eigenvalue weighted by molar-refractivity contribution is 7.89. The van der Waals surface area contributed by atoms with E-state index >= 15 is 0 Å². The van der Waals surface area contributed by atoms with Crippen molar-refractivity contribution in [2.75, 3.05) is 26.2 Å². The average molecular weight is 417 g/mol. The first-order chi connectivity index (χ1) is 13.9. The van der Waals surface area contributed by atoms with Crippen molar-refractivity contribution in [3.63, 3.8) is 0 Å². The van der Waals surface area contributed by atoms with Crippen molar-refractivity contribution in [3.05, 3.63) is 65.7 Å². The van der Waals surface area contributed by atoms with Gasteiger partial charge in [-0.2, -0.15) is 4.31 Å². The molecule has 0 saturated carbocycles. The molecule has 154 valence electrons. The number of hydrazine groups is 1. The lowest BCUT2D eigenvalue weighted by atomic mass is 10.2. The van der Waals surface area contributed by atoms with E-state index < -0.39 is 22.0 Å². The molecule has 0 bridgehead atoms. The molecule has 0 spiro atoms. The zero-order valence-electron chi connectivity index (χ0n) is 16.2. The molecule has 1 fully saturated rings. The van der Waals surface area contributed by atoms with Gasteiger partial charge in [-0.15, -0.1) is 0 Å². The summed E-state index contributed by atoms with van der Waals surface area (Å²) in [7, 11) is -3.61. The molecule has 3 amide bonds. The van der Waals surface area contributed by atoms with Gasteiger partial charge in [0.2, 0.25) is 10.0 Å². The van der Waals surface area contributed by atoms with Crippen LogP contribution in [0.15, 0.2) is 59.5 Å². The van der Waals surface area contributed by atoms with Crippen molar-refractivity contribution in [1.29, 1.82) is 0 Å². The van der Waals surface area contributed by atoms with Crippen molar-refractivity contribution in [1.82, 2.24) is 20.1 Å². The Morgan fingerprint density at radius 1 is 0.862 bits per heavy atom. The van der Waals surface area contributed by atoms with Crippen LogP contribution in [-0.2, 0) is 10.0 Å². The minimum absolute atomic E-state index is 0.191. The number of hydrogen-bond acceptors (Lipinski definition) is 4. The topological polar surface area (TPSA) is 98.8 Å². The van der Waals surface area contributed by atoms with E-state index in [1.165, 1.54) is 9.21 Å². The number of hydrogen-bond donors (Lipinski definition) is 2. The monoisotopic (exact) mass is 416 g/mol. The number of urea groups is 1. The maximum absolute atomic E-state index is 12.8. The molecule has 8 nitrogen and oxygen atoms in total. The van der Waals surface area contributed by atoms with E-state index in [4.69, 9.17) is 0 Å². The van der Waals surface area contributed by atoms with Gasteiger partial charge in [0.25, 0.3) is 5.91 Å². The summed E-state index contributed by atoms with van der Waals surface area (Å²) in [5.74, 6) is -0.419. The molecule has 9 heteroatoms. The molecule has 0 aromatic heterocycles. The zero-order valence-corrected chi connectivity index (χ0v) is 17.0. The quantitative estimate of drug-likeness (QED) is 0.745. The molecular formula is C20H24N4O4S. The van der Waals surface area contributed by atoms with Gasteiger partial charge in [-0.05, 0) is 37.6 Å². The lowest BCUT2D eigenvalue weighted by Crippen LogP contribution is -2.49. The van der Waals surface area contributed by atoms with Gasteiger partial charge in [-0.25, -0.2) is 18.6 Å². The van der Waals surface area contributed by atoms with Crippen molar-refractivity contribution >= 4 is 22.0 Å². The van der Waals surface area contributed by atoms with Crippen LogP contribution in [-0.4, -0.2) is 55.7 Å². The Kier molecular flexibility index (Phi) is 6.50. The van der Waals surface area contributed by atoms with E-state index in [0.29, 0.717) is 25.1 Å². The van der Waals surface area contributed by atoms with Gasteiger partial charge >= 0.3 is 6.03 Å². The maximum atomic E-state index is 12.8. The number of benzene rings is 2. The van der Waals surface area contributed by atoms with E-state index in [0.717, 1.165) is 5.56 Å². The molecule has 2 aromatic carbocycles. The highest BCUT2D eigenvalue weighted by atomic mass is 32.2. The van der Waals surface area contributed by atoms with Gasteiger partial charge in [0.05, 0.1) is 4.90 Å². The molecule has 2 aromatic rings. The number of carbonyl (C=O) groups excluding carboxylic acids is 2. The highest BCUT2D eigenvalue weighted by Gasteiger charge is 2.28. The fourth-order valence-electron chi connectivity index (χ4n) is 3.05. The Bertz CT molecular complexity index is 962. The Hall–Kier alpha value is -2.91. The number of nitrogens with one attached hydrogen (secondary N) is 2. The first kappa shape index (κ1) is 20.8. The SMILES string of the molecule is Cc1ccc(S(=O)(=O)N2CCCN(C(=O)NNC(=O)c3ccccc3)CC2)cc1. The lowest BCUT2D eigenvalue weighted by molar-refractivity contribution is 0.0930. The summed E-state index contributed by atoms with van der Waals surface area (Å²) in [6.45, 7) is 3.05. The van der Waals surface area contributed by atoms with Crippen molar-refractivity contribution in [2.45, 2.75) is 18.2 Å². The smallest absolute Gasteiger partial charge is 0.322 e. The molecule has 1 aliphatic heterocycles. The second kappa shape index (κ2) is 9.06. The van der Waals surface area contributed by atoms with Crippen LogP contribution < -0.4 is 10.9 Å². The van der Waals surface area contributed by atoms with Crippen LogP contribution in [0.5, 0.6) is 0 Å². The zero-order chi connectivity index (χ0) is 20.9. The minimum atomic E-state index is -3.61. The van der Waals surface area contributed by atoms with Crippen LogP contribution in [0.25, 0.3) is 0 Å². The molecule has 1 heterocycles. The number of amides is 3. The van der Waals surface area contributed by atoms with Gasteiger partial charge in [0.1, 0.15) is 0 Å². The first-order valence-electron chi connectivity index (χ1n) is 9.35. The molecule has 0 unspecified atom stereocenters. The van der Waals surface area contributed by atoms with Crippen LogP contribution >= 0.6 is 0 Å². The van der Waals surface area contributed by atoms with Gasteiger partial charge in [0.15, 0.2) is 0 Å². The summed E-state index contributed by atoms with van der Waals surface area (Å²) in [4.78, 5) is 26.2. The van der Waals surface area contributed by atoms with Crippen molar-refractivity contribution < 1.29 is 18.0 Å². The van der Waals surface area contributed by atoms with Crippen LogP contribution in [0.3, 0.4) is 0 Å². The van der Waals surface area contributed by atoms with Gasteiger partial charge in [-0.3, -0.25) is 10.2 Å². The molecule has 3 rings (SSSR count). The second-order valence-electron chi connectivity index (χ2n) is 6.81. The van der Waals surface area contributed by atoms with Crippen LogP contribution in [0.2, 0.25) is 0 Å². The summed E-state index contributed by atoms with van der Waals surface area (Å²) < 4.78 is 27.1. The van der Waals surface area contributed by atoms with Crippen LogP contribution in [0.4, 0.5) is 4.79 Å². The number of carbonyl (C=O) groups is 2. The van der Waals surface area contributed by atoms with Crippen LogP contribution in [0.1, 0.15) is 22.3 Å². The Balaban J connectivity index is 1.57. The van der Waals surface area contributed by atoms with Crippen molar-refractivity contribution in [3.8, 4) is 0 Å². The predicted molar refractivity (Wildman–Crippen MR) is 109 cm³/mol. The number of nitrogens with zero attached hydrogens (tertiary/aromatic N) is 2. The van der Waals surface area contributed by atoms with E-state index in [1.807, 2.05) is 6.92 Å². The van der Waals surface area contributed by atoms with Gasteiger partial charge in [0, 0.05) is 31.7 Å². The molecule has 2 N–H and O–H groups in total. The molecule has 1 saturated heterocycles. The largest absolute Gasteiger partial charge is 0.336 e. The van der Waals surface area contributed by atoms with Crippen molar-refractivity contribution in [2.24, 2.45) is 0 Å². The average Bonchev–Trinajstić information content (AvgIpc) is 2.99. The first-order valence-corrected chi connectivity index (χ1v) is 10.8. The molecule has 0 atom stereocenters. The highest BCUT2D eigenvalue weighted by Crippen LogP contribution is 2.18. The Morgan fingerprint density at radius 3 is 2.24 bits per heavy atom. The molecule has 29 heavy (non-hydrogen) atoms. The summed E-state index contributed by atoms with van der Waals surface area (Å²) in [6, 6.07) is 14.8. The molecule has 0 radical (unpaired) electrons. The lowest BCUT2D eigenvalue weighted by Gasteiger charge is -2.22. The fourth-order valence-corrected chi connectivity index (χ4v) is 4.52. The van der Waals surface area contributed by atoms with E-state index in [1.54, 1.807) is 54.6 Å². The molecule has 0 aliphatic carbocycles. The summed E-state index contributed by atoms with van der Waals surface area (Å²) >= 11 is 0. The van der Waals surface area contributed by atoms with Gasteiger partial charge in [-0.1, -0.05) is 35.9 Å². The van der Waals surface area contributed by atoms with E-state index in [9.17, 15) is 18.0 Å². The van der Waals surface area contributed by atoms with E-state index in [-0.39, 0.29) is 18.0 Å². The third-order valence-electron chi connectivity index (χ3n) is 4.72.